The highest BCUT2D eigenvalue weighted by Gasteiger charge is 2.27. The lowest BCUT2D eigenvalue weighted by atomic mass is 10.1. The summed E-state index contributed by atoms with van der Waals surface area (Å²) in [5.41, 5.74) is 3.46. The zero-order valence-corrected chi connectivity index (χ0v) is 10.8. The van der Waals surface area contributed by atoms with Crippen molar-refractivity contribution >= 4 is 0 Å². The molecule has 0 heterocycles. The predicted octanol–water partition coefficient (Wildman–Crippen LogP) is 2.94. The number of halogens is 3. The van der Waals surface area contributed by atoms with E-state index in [9.17, 15) is 13.2 Å². The molecule has 0 fully saturated rings. The monoisotopic (exact) mass is 276 g/mol. The van der Waals surface area contributed by atoms with E-state index in [-0.39, 0.29) is 6.42 Å². The van der Waals surface area contributed by atoms with Crippen LogP contribution in [0, 0.1) is 6.92 Å². The molecule has 0 bridgehead atoms. The average Bonchev–Trinajstić information content (AvgIpc) is 2.32. The number of aryl methyl sites for hydroxylation is 1. The van der Waals surface area contributed by atoms with Crippen LogP contribution in [0.4, 0.5) is 13.2 Å². The molecular formula is C13H19F3N2O. The molecule has 6 heteroatoms. The molecule has 0 aliphatic heterocycles. The molecule has 1 atom stereocenters. The molecule has 0 saturated heterocycles. The highest BCUT2D eigenvalue weighted by molar-refractivity contribution is 5.27. The van der Waals surface area contributed by atoms with Gasteiger partial charge in [-0.25, -0.2) is 0 Å². The van der Waals surface area contributed by atoms with Crippen molar-refractivity contribution in [3.63, 3.8) is 0 Å². The summed E-state index contributed by atoms with van der Waals surface area (Å²) in [6.07, 6.45) is -4.60. The van der Waals surface area contributed by atoms with Gasteiger partial charge < -0.3 is 4.74 Å². The number of hydrogen-bond donors (Lipinski definition) is 2. The first-order valence-corrected chi connectivity index (χ1v) is 6.13. The standard InChI is InChI=1S/C13H19F3N2O/c1-10-3-2-4-12(9-10)19-8-6-11(18-17)5-7-13(14,15)16/h2-4,9,11,18H,5-8,17H2,1H3. The first-order valence-electron chi connectivity index (χ1n) is 6.13. The molecule has 1 unspecified atom stereocenters. The van der Waals surface area contributed by atoms with Gasteiger partial charge in [-0.1, -0.05) is 12.1 Å². The fourth-order valence-electron chi connectivity index (χ4n) is 1.67. The number of hydrogen-bond acceptors (Lipinski definition) is 3. The third-order valence-electron chi connectivity index (χ3n) is 2.74. The Labute approximate surface area is 110 Å². The van der Waals surface area contributed by atoms with Crippen molar-refractivity contribution in [1.29, 1.82) is 0 Å². The number of benzene rings is 1. The second-order valence-corrected chi connectivity index (χ2v) is 4.47. The molecular weight excluding hydrogens is 257 g/mol. The maximum Gasteiger partial charge on any atom is 0.389 e. The molecule has 1 aromatic carbocycles. The van der Waals surface area contributed by atoms with Crippen LogP contribution in [0.15, 0.2) is 24.3 Å². The normalized spacial score (nSPS) is 13.3. The number of hydrazine groups is 1. The van der Waals surface area contributed by atoms with E-state index in [4.69, 9.17) is 10.6 Å². The molecule has 3 nitrogen and oxygen atoms in total. The number of ether oxygens (including phenoxy) is 1. The minimum Gasteiger partial charge on any atom is -0.494 e. The van der Waals surface area contributed by atoms with E-state index in [1.807, 2.05) is 31.2 Å². The molecule has 0 aromatic heterocycles. The van der Waals surface area contributed by atoms with Crippen LogP contribution >= 0.6 is 0 Å². The molecule has 0 spiro atoms. The summed E-state index contributed by atoms with van der Waals surface area (Å²) >= 11 is 0. The van der Waals surface area contributed by atoms with Crippen molar-refractivity contribution in [3.8, 4) is 5.75 Å². The van der Waals surface area contributed by atoms with Gasteiger partial charge in [0.15, 0.2) is 0 Å². The molecule has 19 heavy (non-hydrogen) atoms. The lowest BCUT2D eigenvalue weighted by Gasteiger charge is -2.17. The second-order valence-electron chi connectivity index (χ2n) is 4.47. The minimum absolute atomic E-state index is 0.0445. The number of rotatable bonds is 7. The number of alkyl halides is 3. The van der Waals surface area contributed by atoms with Gasteiger partial charge in [-0.3, -0.25) is 11.3 Å². The first kappa shape index (κ1) is 15.8. The zero-order chi connectivity index (χ0) is 14.3. The average molecular weight is 276 g/mol. The Bertz CT molecular complexity index is 382. The van der Waals surface area contributed by atoms with E-state index in [0.717, 1.165) is 5.56 Å². The Morgan fingerprint density at radius 1 is 1.32 bits per heavy atom. The number of nitrogens with two attached hydrogens (primary N) is 1. The van der Waals surface area contributed by atoms with E-state index in [0.29, 0.717) is 18.8 Å². The molecule has 1 rings (SSSR count). The van der Waals surface area contributed by atoms with Crippen LogP contribution < -0.4 is 16.0 Å². The van der Waals surface area contributed by atoms with Crippen LogP contribution in [-0.2, 0) is 0 Å². The van der Waals surface area contributed by atoms with Crippen molar-refractivity contribution in [1.82, 2.24) is 5.43 Å². The van der Waals surface area contributed by atoms with Gasteiger partial charge >= 0.3 is 6.18 Å². The zero-order valence-electron chi connectivity index (χ0n) is 10.8. The Kier molecular flexibility index (Phi) is 6.11. The topological polar surface area (TPSA) is 47.3 Å². The largest absolute Gasteiger partial charge is 0.494 e. The van der Waals surface area contributed by atoms with Gasteiger partial charge in [0, 0.05) is 12.5 Å². The molecule has 0 radical (unpaired) electrons. The summed E-state index contributed by atoms with van der Waals surface area (Å²) in [6, 6.07) is 7.10. The van der Waals surface area contributed by atoms with E-state index < -0.39 is 18.6 Å². The second kappa shape index (κ2) is 7.35. The van der Waals surface area contributed by atoms with Crippen LogP contribution in [0.1, 0.15) is 24.8 Å². The van der Waals surface area contributed by atoms with Crippen LogP contribution in [0.3, 0.4) is 0 Å². The van der Waals surface area contributed by atoms with E-state index in [1.165, 1.54) is 0 Å². The third kappa shape index (κ3) is 7.03. The van der Waals surface area contributed by atoms with Gasteiger partial charge in [0.1, 0.15) is 5.75 Å². The van der Waals surface area contributed by atoms with E-state index >= 15 is 0 Å². The highest BCUT2D eigenvalue weighted by Crippen LogP contribution is 2.23. The fraction of sp³-hybridized carbons (Fsp3) is 0.538. The van der Waals surface area contributed by atoms with Crippen molar-refractivity contribution in [2.75, 3.05) is 6.61 Å². The maximum atomic E-state index is 12.1. The predicted molar refractivity (Wildman–Crippen MR) is 67.7 cm³/mol. The van der Waals surface area contributed by atoms with E-state index in [1.54, 1.807) is 0 Å². The number of nitrogens with one attached hydrogen (secondary N) is 1. The lowest BCUT2D eigenvalue weighted by molar-refractivity contribution is -0.136. The van der Waals surface area contributed by atoms with Crippen LogP contribution in [0.2, 0.25) is 0 Å². The molecule has 1 aromatic rings. The van der Waals surface area contributed by atoms with Gasteiger partial charge in [0.05, 0.1) is 6.61 Å². The quantitative estimate of drug-likeness (QED) is 0.594. The molecule has 0 amide bonds. The Balaban J connectivity index is 2.30. The first-order chi connectivity index (χ1) is 8.90. The SMILES string of the molecule is Cc1cccc(OCCC(CCC(F)(F)F)NN)c1. The van der Waals surface area contributed by atoms with Gasteiger partial charge in [-0.05, 0) is 37.5 Å². The summed E-state index contributed by atoms with van der Waals surface area (Å²) in [4.78, 5) is 0. The van der Waals surface area contributed by atoms with Crippen LogP contribution in [0.5, 0.6) is 5.75 Å². The minimum atomic E-state index is -4.15. The van der Waals surface area contributed by atoms with Crippen molar-refractivity contribution < 1.29 is 17.9 Å². The fourth-order valence-corrected chi connectivity index (χ4v) is 1.67. The van der Waals surface area contributed by atoms with Crippen molar-refractivity contribution in [2.24, 2.45) is 5.84 Å². The third-order valence-corrected chi connectivity index (χ3v) is 2.74. The molecule has 0 saturated carbocycles. The van der Waals surface area contributed by atoms with Gasteiger partial charge in [0.2, 0.25) is 0 Å². The molecule has 3 N–H and O–H groups in total. The Morgan fingerprint density at radius 2 is 2.05 bits per heavy atom. The Morgan fingerprint density at radius 3 is 2.63 bits per heavy atom. The summed E-state index contributed by atoms with van der Waals surface area (Å²) in [7, 11) is 0. The molecule has 0 aliphatic carbocycles. The molecule has 0 aliphatic rings. The molecule has 108 valence electrons. The van der Waals surface area contributed by atoms with Crippen LogP contribution in [0.25, 0.3) is 0 Å². The van der Waals surface area contributed by atoms with Gasteiger partial charge in [0.25, 0.3) is 0 Å². The van der Waals surface area contributed by atoms with Crippen molar-refractivity contribution in [2.45, 2.75) is 38.4 Å². The summed E-state index contributed by atoms with van der Waals surface area (Å²) in [5.74, 6) is 5.95. The summed E-state index contributed by atoms with van der Waals surface area (Å²) in [6.45, 7) is 2.27. The van der Waals surface area contributed by atoms with Crippen molar-refractivity contribution in [3.05, 3.63) is 29.8 Å². The van der Waals surface area contributed by atoms with Crippen LogP contribution in [-0.4, -0.2) is 18.8 Å². The van der Waals surface area contributed by atoms with Gasteiger partial charge in [-0.2, -0.15) is 13.2 Å². The summed E-state index contributed by atoms with van der Waals surface area (Å²) in [5, 5.41) is 0. The van der Waals surface area contributed by atoms with Gasteiger partial charge in [-0.15, -0.1) is 0 Å². The Hall–Kier alpha value is -1.27. The summed E-state index contributed by atoms with van der Waals surface area (Å²) < 4.78 is 41.7. The highest BCUT2D eigenvalue weighted by atomic mass is 19.4. The van der Waals surface area contributed by atoms with E-state index in [2.05, 4.69) is 5.43 Å². The smallest absolute Gasteiger partial charge is 0.389 e. The maximum absolute atomic E-state index is 12.1. The lowest BCUT2D eigenvalue weighted by Crippen LogP contribution is -2.37.